The van der Waals surface area contributed by atoms with Crippen LogP contribution in [0.5, 0.6) is 0 Å². The van der Waals surface area contributed by atoms with Gasteiger partial charge in [0.1, 0.15) is 5.52 Å². The minimum atomic E-state index is 0.0709. The smallest absolute Gasteiger partial charge is 0.254 e. The summed E-state index contributed by atoms with van der Waals surface area (Å²) in [4.78, 5) is 22.1. The van der Waals surface area contributed by atoms with Gasteiger partial charge in [-0.05, 0) is 57.1 Å². The van der Waals surface area contributed by atoms with Gasteiger partial charge in [0.15, 0.2) is 5.58 Å². The van der Waals surface area contributed by atoms with Gasteiger partial charge in [-0.3, -0.25) is 9.69 Å². The summed E-state index contributed by atoms with van der Waals surface area (Å²) < 4.78 is 5.96. The second-order valence-corrected chi connectivity index (χ2v) is 8.62. The van der Waals surface area contributed by atoms with E-state index in [2.05, 4.69) is 62.8 Å². The highest BCUT2D eigenvalue weighted by atomic mass is 16.3. The standard InChI is InChI=1S/C24H29N3O2/c1-15(2)21-14-27(9-8-26(21)5)24(28)18-6-7-22-20(13-18)25-23(29-22)19-11-16(3)10-17(4)12-19/h6-7,10-13,15,21H,8-9,14H2,1-5H3. The molecule has 29 heavy (non-hydrogen) atoms. The van der Waals surface area contributed by atoms with Crippen LogP contribution in [0.1, 0.15) is 35.3 Å². The second kappa shape index (κ2) is 7.64. The van der Waals surface area contributed by atoms with E-state index in [0.717, 1.165) is 30.7 Å². The van der Waals surface area contributed by atoms with Gasteiger partial charge in [0, 0.05) is 36.8 Å². The fourth-order valence-corrected chi connectivity index (χ4v) is 4.27. The van der Waals surface area contributed by atoms with Crippen LogP contribution in [0.3, 0.4) is 0 Å². The lowest BCUT2D eigenvalue weighted by Crippen LogP contribution is -2.55. The first kappa shape index (κ1) is 19.6. The first-order chi connectivity index (χ1) is 13.8. The number of piperazine rings is 1. The van der Waals surface area contributed by atoms with Gasteiger partial charge in [0.05, 0.1) is 0 Å². The van der Waals surface area contributed by atoms with E-state index in [0.29, 0.717) is 29.0 Å². The number of carbonyl (C=O) groups is 1. The number of oxazole rings is 1. The Hall–Kier alpha value is -2.66. The Morgan fingerprint density at radius 3 is 2.52 bits per heavy atom. The first-order valence-corrected chi connectivity index (χ1v) is 10.3. The van der Waals surface area contributed by atoms with Gasteiger partial charge in [0.25, 0.3) is 5.91 Å². The van der Waals surface area contributed by atoms with E-state index in [9.17, 15) is 4.79 Å². The summed E-state index contributed by atoms with van der Waals surface area (Å²) in [6, 6.07) is 12.2. The molecule has 3 aromatic rings. The highest BCUT2D eigenvalue weighted by molar-refractivity contribution is 5.97. The number of likely N-dealkylation sites (N-methyl/N-ethyl adjacent to an activating group) is 1. The Labute approximate surface area is 172 Å². The van der Waals surface area contributed by atoms with Gasteiger partial charge in [-0.15, -0.1) is 0 Å². The normalized spacial score (nSPS) is 18.0. The number of hydrogen-bond acceptors (Lipinski definition) is 4. The molecule has 1 atom stereocenters. The van der Waals surface area contributed by atoms with Crippen LogP contribution in [0, 0.1) is 19.8 Å². The summed E-state index contributed by atoms with van der Waals surface area (Å²) in [6.45, 7) is 11.0. The molecule has 0 bridgehead atoms. The molecular formula is C24H29N3O2. The number of benzene rings is 2. The predicted molar refractivity (Wildman–Crippen MR) is 116 cm³/mol. The minimum Gasteiger partial charge on any atom is -0.436 e. The Balaban J connectivity index is 1.61. The molecule has 1 aromatic heterocycles. The maximum absolute atomic E-state index is 13.1. The van der Waals surface area contributed by atoms with Crippen molar-refractivity contribution in [3.8, 4) is 11.5 Å². The van der Waals surface area contributed by atoms with Crippen molar-refractivity contribution >= 4 is 17.0 Å². The molecule has 1 unspecified atom stereocenters. The molecule has 5 heteroatoms. The zero-order chi connectivity index (χ0) is 20.7. The van der Waals surface area contributed by atoms with E-state index in [1.807, 2.05) is 23.1 Å². The maximum Gasteiger partial charge on any atom is 0.254 e. The molecule has 0 spiro atoms. The van der Waals surface area contributed by atoms with Gasteiger partial charge >= 0.3 is 0 Å². The topological polar surface area (TPSA) is 49.6 Å². The van der Waals surface area contributed by atoms with Crippen molar-refractivity contribution in [3.63, 3.8) is 0 Å². The fraction of sp³-hybridized carbons (Fsp3) is 0.417. The molecule has 5 nitrogen and oxygen atoms in total. The molecule has 1 amide bonds. The van der Waals surface area contributed by atoms with Gasteiger partial charge in [-0.2, -0.15) is 0 Å². The molecule has 1 aliphatic heterocycles. The largest absolute Gasteiger partial charge is 0.436 e. The lowest BCUT2D eigenvalue weighted by Gasteiger charge is -2.41. The quantitative estimate of drug-likeness (QED) is 0.658. The monoisotopic (exact) mass is 391 g/mol. The van der Waals surface area contributed by atoms with Crippen LogP contribution in [0.15, 0.2) is 40.8 Å². The lowest BCUT2D eigenvalue weighted by atomic mass is 9.99. The van der Waals surface area contributed by atoms with E-state index >= 15 is 0 Å². The van der Waals surface area contributed by atoms with Crippen LogP contribution in [-0.2, 0) is 0 Å². The van der Waals surface area contributed by atoms with Crippen LogP contribution in [0.4, 0.5) is 0 Å². The zero-order valence-electron chi connectivity index (χ0n) is 17.9. The Kier molecular flexibility index (Phi) is 5.17. The van der Waals surface area contributed by atoms with Crippen molar-refractivity contribution in [2.75, 3.05) is 26.7 Å². The summed E-state index contributed by atoms with van der Waals surface area (Å²) >= 11 is 0. The lowest BCUT2D eigenvalue weighted by molar-refractivity contribution is 0.0465. The molecule has 1 fully saturated rings. The van der Waals surface area contributed by atoms with Crippen LogP contribution in [0.25, 0.3) is 22.6 Å². The number of aromatic nitrogens is 1. The molecule has 2 heterocycles. The molecule has 0 radical (unpaired) electrons. The van der Waals surface area contributed by atoms with Crippen LogP contribution < -0.4 is 0 Å². The molecule has 2 aromatic carbocycles. The fourth-order valence-electron chi connectivity index (χ4n) is 4.27. The highest BCUT2D eigenvalue weighted by Crippen LogP contribution is 2.27. The molecule has 1 saturated heterocycles. The first-order valence-electron chi connectivity index (χ1n) is 10.3. The summed E-state index contributed by atoms with van der Waals surface area (Å²) in [7, 11) is 2.14. The Bertz CT molecular complexity index is 1030. The number of carbonyl (C=O) groups excluding carboxylic acids is 1. The number of hydrogen-bond donors (Lipinski definition) is 0. The average Bonchev–Trinajstić information content (AvgIpc) is 3.10. The van der Waals surface area contributed by atoms with Crippen molar-refractivity contribution in [1.29, 1.82) is 0 Å². The van der Waals surface area contributed by atoms with Crippen molar-refractivity contribution in [1.82, 2.24) is 14.8 Å². The van der Waals surface area contributed by atoms with Crippen LogP contribution in [-0.4, -0.2) is 53.4 Å². The summed E-state index contributed by atoms with van der Waals surface area (Å²) in [5, 5.41) is 0. The Morgan fingerprint density at radius 2 is 1.83 bits per heavy atom. The SMILES string of the molecule is Cc1cc(C)cc(-c2nc3cc(C(=O)N4CCN(C)C(C(C)C)C4)ccc3o2)c1. The van der Waals surface area contributed by atoms with E-state index in [1.165, 1.54) is 11.1 Å². The molecule has 1 aliphatic rings. The molecule has 0 aliphatic carbocycles. The van der Waals surface area contributed by atoms with Gasteiger partial charge in [-0.1, -0.05) is 31.0 Å². The minimum absolute atomic E-state index is 0.0709. The number of nitrogens with zero attached hydrogens (tertiary/aromatic N) is 3. The molecule has 4 rings (SSSR count). The van der Waals surface area contributed by atoms with Gasteiger partial charge in [-0.25, -0.2) is 4.98 Å². The molecule has 0 saturated carbocycles. The summed E-state index contributed by atoms with van der Waals surface area (Å²) in [5.74, 6) is 1.17. The summed E-state index contributed by atoms with van der Waals surface area (Å²) in [5.41, 5.74) is 5.41. The third-order valence-corrected chi connectivity index (χ3v) is 5.86. The second-order valence-electron chi connectivity index (χ2n) is 8.62. The molecule has 0 N–H and O–H groups in total. The molecule has 152 valence electrons. The predicted octanol–water partition coefficient (Wildman–Crippen LogP) is 4.52. The van der Waals surface area contributed by atoms with Crippen LogP contribution in [0.2, 0.25) is 0 Å². The zero-order valence-corrected chi connectivity index (χ0v) is 17.9. The van der Waals surface area contributed by atoms with Crippen molar-refractivity contribution in [2.24, 2.45) is 5.92 Å². The van der Waals surface area contributed by atoms with Crippen molar-refractivity contribution in [2.45, 2.75) is 33.7 Å². The van der Waals surface area contributed by atoms with E-state index in [4.69, 9.17) is 4.42 Å². The summed E-state index contributed by atoms with van der Waals surface area (Å²) in [6.07, 6.45) is 0. The Morgan fingerprint density at radius 1 is 1.10 bits per heavy atom. The van der Waals surface area contributed by atoms with Gasteiger partial charge in [0.2, 0.25) is 5.89 Å². The maximum atomic E-state index is 13.1. The molecular weight excluding hydrogens is 362 g/mol. The third kappa shape index (κ3) is 3.92. The van der Waals surface area contributed by atoms with Crippen molar-refractivity contribution < 1.29 is 9.21 Å². The number of rotatable bonds is 3. The van der Waals surface area contributed by atoms with E-state index < -0.39 is 0 Å². The van der Waals surface area contributed by atoms with Gasteiger partial charge < -0.3 is 9.32 Å². The number of amides is 1. The van der Waals surface area contributed by atoms with Crippen molar-refractivity contribution in [3.05, 3.63) is 53.1 Å². The average molecular weight is 392 g/mol. The van der Waals surface area contributed by atoms with E-state index in [1.54, 1.807) is 0 Å². The number of aryl methyl sites for hydroxylation is 2. The highest BCUT2D eigenvalue weighted by Gasteiger charge is 2.29. The third-order valence-electron chi connectivity index (χ3n) is 5.86. The van der Waals surface area contributed by atoms with Crippen LogP contribution >= 0.6 is 0 Å². The number of fused-ring (bicyclic) bond motifs is 1. The van der Waals surface area contributed by atoms with E-state index in [-0.39, 0.29) is 5.91 Å².